The molecule has 0 spiro atoms. The van der Waals surface area contributed by atoms with Crippen molar-refractivity contribution in [3.05, 3.63) is 48.2 Å². The minimum atomic E-state index is 0.401. The number of rotatable bonds is 5. The summed E-state index contributed by atoms with van der Waals surface area (Å²) in [6, 6.07) is 4.41. The van der Waals surface area contributed by atoms with Crippen LogP contribution in [0.2, 0.25) is 0 Å². The second-order valence-corrected chi connectivity index (χ2v) is 8.03. The second kappa shape index (κ2) is 8.60. The molecule has 0 aliphatic carbocycles. The largest absolute Gasteiger partial charge is 0.443 e. The average Bonchev–Trinajstić information content (AvgIpc) is 3.48. The summed E-state index contributed by atoms with van der Waals surface area (Å²) in [5, 5.41) is 5.45. The third kappa shape index (κ3) is 4.11. The van der Waals surface area contributed by atoms with Crippen LogP contribution in [0.15, 0.2) is 51.9 Å². The number of nitrogens with zero attached hydrogens (tertiary/aromatic N) is 5. The summed E-state index contributed by atoms with van der Waals surface area (Å²) in [4.78, 5) is 17.0. The number of piperidine rings is 1. The minimum absolute atomic E-state index is 0.401. The van der Waals surface area contributed by atoms with Gasteiger partial charge in [0.05, 0.1) is 23.8 Å². The molecule has 1 saturated heterocycles. The third-order valence-corrected chi connectivity index (χ3v) is 5.99. The maximum Gasteiger partial charge on any atom is 0.236 e. The van der Waals surface area contributed by atoms with Gasteiger partial charge in [0.25, 0.3) is 0 Å². The van der Waals surface area contributed by atoms with Crippen LogP contribution in [-0.2, 0) is 6.54 Å². The maximum atomic E-state index is 5.61. The summed E-state index contributed by atoms with van der Waals surface area (Å²) in [6.45, 7) is 7.66. The SMILES string of the molecule is CCNC(=NCc1coc(-c2cccs2)n1)N1CCC(C)C(n2ccnc2)C1. The van der Waals surface area contributed by atoms with Crippen molar-refractivity contribution in [1.82, 2.24) is 24.8 Å². The van der Waals surface area contributed by atoms with Gasteiger partial charge in [-0.1, -0.05) is 13.0 Å². The van der Waals surface area contributed by atoms with E-state index in [4.69, 9.17) is 9.41 Å². The number of guanidine groups is 1. The van der Waals surface area contributed by atoms with E-state index in [-0.39, 0.29) is 0 Å². The van der Waals surface area contributed by atoms with Crippen molar-refractivity contribution in [3.63, 3.8) is 0 Å². The van der Waals surface area contributed by atoms with Crippen LogP contribution in [0.4, 0.5) is 0 Å². The van der Waals surface area contributed by atoms with Gasteiger partial charge in [0, 0.05) is 32.0 Å². The summed E-state index contributed by atoms with van der Waals surface area (Å²) in [5.41, 5.74) is 0.843. The van der Waals surface area contributed by atoms with Crippen molar-refractivity contribution in [2.24, 2.45) is 10.9 Å². The van der Waals surface area contributed by atoms with E-state index in [1.54, 1.807) is 17.6 Å². The molecular formula is C20H26N6OS. The van der Waals surface area contributed by atoms with Crippen LogP contribution in [0.1, 0.15) is 32.0 Å². The first-order valence-electron chi connectivity index (χ1n) is 9.73. The van der Waals surface area contributed by atoms with E-state index in [1.165, 1.54) is 0 Å². The molecule has 7 nitrogen and oxygen atoms in total. The summed E-state index contributed by atoms with van der Waals surface area (Å²) in [5.74, 6) is 2.20. The van der Waals surface area contributed by atoms with Crippen LogP contribution in [0, 0.1) is 5.92 Å². The molecule has 3 aromatic rings. The smallest absolute Gasteiger partial charge is 0.236 e. The number of oxazole rings is 1. The highest BCUT2D eigenvalue weighted by Crippen LogP contribution is 2.27. The van der Waals surface area contributed by atoms with E-state index in [2.05, 4.69) is 44.8 Å². The van der Waals surface area contributed by atoms with E-state index in [0.29, 0.717) is 24.4 Å². The van der Waals surface area contributed by atoms with Gasteiger partial charge >= 0.3 is 0 Å². The Kier molecular flexibility index (Phi) is 5.76. The molecule has 1 aliphatic heterocycles. The fraction of sp³-hybridized carbons (Fsp3) is 0.450. The monoisotopic (exact) mass is 398 g/mol. The quantitative estimate of drug-likeness (QED) is 0.525. The Morgan fingerprint density at radius 2 is 2.39 bits per heavy atom. The van der Waals surface area contributed by atoms with E-state index in [9.17, 15) is 0 Å². The molecule has 1 N–H and O–H groups in total. The highest BCUT2D eigenvalue weighted by Gasteiger charge is 2.28. The Hall–Kier alpha value is -2.61. The van der Waals surface area contributed by atoms with Crippen LogP contribution in [0.5, 0.6) is 0 Å². The first-order chi connectivity index (χ1) is 13.7. The van der Waals surface area contributed by atoms with Gasteiger partial charge in [-0.15, -0.1) is 11.3 Å². The van der Waals surface area contributed by atoms with Crippen molar-refractivity contribution in [2.75, 3.05) is 19.6 Å². The van der Waals surface area contributed by atoms with Gasteiger partial charge in [0.2, 0.25) is 5.89 Å². The van der Waals surface area contributed by atoms with Crippen molar-refractivity contribution in [2.45, 2.75) is 32.9 Å². The standard InChI is InChI=1S/C20H26N6OS/c1-3-22-20(23-11-16-13-27-19(24-16)18-5-4-10-28-18)25-8-6-15(2)17(12-25)26-9-7-21-14-26/h4-5,7,9-10,13-15,17H,3,6,8,11-12H2,1-2H3,(H,22,23). The number of hydrogen-bond acceptors (Lipinski definition) is 5. The zero-order valence-electron chi connectivity index (χ0n) is 16.3. The Morgan fingerprint density at radius 1 is 1.46 bits per heavy atom. The number of aromatic nitrogens is 3. The molecule has 28 heavy (non-hydrogen) atoms. The van der Waals surface area contributed by atoms with Gasteiger partial charge in [0.15, 0.2) is 5.96 Å². The first-order valence-corrected chi connectivity index (χ1v) is 10.6. The van der Waals surface area contributed by atoms with Crippen LogP contribution in [0.25, 0.3) is 10.8 Å². The first kappa shape index (κ1) is 18.7. The van der Waals surface area contributed by atoms with Crippen LogP contribution in [-0.4, -0.2) is 45.0 Å². The topological polar surface area (TPSA) is 71.5 Å². The van der Waals surface area contributed by atoms with Gasteiger partial charge < -0.3 is 19.2 Å². The molecule has 148 valence electrons. The highest BCUT2D eigenvalue weighted by molar-refractivity contribution is 7.13. The van der Waals surface area contributed by atoms with Gasteiger partial charge in [-0.3, -0.25) is 0 Å². The molecule has 0 bridgehead atoms. The lowest BCUT2D eigenvalue weighted by atomic mass is 9.93. The normalized spacial score (nSPS) is 20.5. The van der Waals surface area contributed by atoms with Crippen molar-refractivity contribution in [1.29, 1.82) is 0 Å². The molecule has 8 heteroatoms. The molecule has 4 heterocycles. The Balaban J connectivity index is 1.47. The lowest BCUT2D eigenvalue weighted by Gasteiger charge is -2.39. The van der Waals surface area contributed by atoms with Crippen LogP contribution >= 0.6 is 11.3 Å². The van der Waals surface area contributed by atoms with Gasteiger partial charge in [0.1, 0.15) is 12.0 Å². The number of nitrogens with one attached hydrogen (secondary N) is 1. The number of likely N-dealkylation sites (tertiary alicyclic amines) is 1. The second-order valence-electron chi connectivity index (χ2n) is 7.08. The van der Waals surface area contributed by atoms with Crippen LogP contribution < -0.4 is 5.32 Å². The predicted octanol–water partition coefficient (Wildman–Crippen LogP) is 3.65. The number of hydrogen-bond donors (Lipinski definition) is 1. The van der Waals surface area contributed by atoms with Crippen molar-refractivity contribution >= 4 is 17.3 Å². The fourth-order valence-electron chi connectivity index (χ4n) is 3.57. The summed E-state index contributed by atoms with van der Waals surface area (Å²) in [6.07, 6.45) is 8.64. The zero-order valence-corrected chi connectivity index (χ0v) is 17.1. The zero-order chi connectivity index (χ0) is 19.3. The average molecular weight is 399 g/mol. The fourth-order valence-corrected chi connectivity index (χ4v) is 4.23. The molecule has 0 radical (unpaired) electrons. The Bertz CT molecular complexity index is 886. The molecule has 0 saturated carbocycles. The summed E-state index contributed by atoms with van der Waals surface area (Å²) >= 11 is 1.62. The lowest BCUT2D eigenvalue weighted by Crippen LogP contribution is -2.49. The van der Waals surface area contributed by atoms with Gasteiger partial charge in [-0.25, -0.2) is 15.0 Å². The minimum Gasteiger partial charge on any atom is -0.443 e. The van der Waals surface area contributed by atoms with Gasteiger partial charge in [-0.2, -0.15) is 0 Å². The molecule has 0 aromatic carbocycles. The van der Waals surface area contributed by atoms with Gasteiger partial charge in [-0.05, 0) is 30.7 Å². The third-order valence-electron chi connectivity index (χ3n) is 5.14. The molecular weight excluding hydrogens is 372 g/mol. The molecule has 4 rings (SSSR count). The highest BCUT2D eigenvalue weighted by atomic mass is 32.1. The summed E-state index contributed by atoms with van der Waals surface area (Å²) in [7, 11) is 0. The Labute approximate surface area is 169 Å². The number of aliphatic imine (C=N–C) groups is 1. The maximum absolute atomic E-state index is 5.61. The Morgan fingerprint density at radius 3 is 3.14 bits per heavy atom. The van der Waals surface area contributed by atoms with E-state index < -0.39 is 0 Å². The van der Waals surface area contributed by atoms with Crippen molar-refractivity contribution in [3.8, 4) is 10.8 Å². The molecule has 3 aromatic heterocycles. The van der Waals surface area contributed by atoms with E-state index in [0.717, 1.165) is 42.6 Å². The molecule has 1 aliphatic rings. The lowest BCUT2D eigenvalue weighted by molar-refractivity contribution is 0.189. The van der Waals surface area contributed by atoms with E-state index >= 15 is 0 Å². The predicted molar refractivity (Wildman–Crippen MR) is 111 cm³/mol. The molecule has 0 amide bonds. The molecule has 2 atom stereocenters. The number of imidazole rings is 1. The molecule has 2 unspecified atom stereocenters. The number of thiophene rings is 1. The summed E-state index contributed by atoms with van der Waals surface area (Å²) < 4.78 is 7.83. The van der Waals surface area contributed by atoms with Crippen LogP contribution in [0.3, 0.4) is 0 Å². The molecule has 1 fully saturated rings. The van der Waals surface area contributed by atoms with Crippen molar-refractivity contribution < 1.29 is 4.42 Å². The van der Waals surface area contributed by atoms with E-state index in [1.807, 2.05) is 30.0 Å².